The number of nitrogens with zero attached hydrogens (tertiary/aromatic N) is 3. The molecular weight excluding hydrogens is 404 g/mol. The molecule has 1 aromatic heterocycles. The van der Waals surface area contributed by atoms with E-state index >= 15 is 0 Å². The Balaban J connectivity index is 1.33. The molecule has 1 saturated heterocycles. The number of carbonyl (C=O) groups excluding carboxylic acids is 1. The molecule has 1 aliphatic heterocycles. The van der Waals surface area contributed by atoms with Crippen LogP contribution in [0.15, 0.2) is 53.1 Å². The molecule has 0 unspecified atom stereocenters. The lowest BCUT2D eigenvalue weighted by Crippen LogP contribution is -2.52. The van der Waals surface area contributed by atoms with Crippen LogP contribution in [0.5, 0.6) is 0 Å². The SMILES string of the molecule is O=C(NCc1ccc(F)cc1)N1CC(c2nc(-c3cccc(C(F)(F)F)c3)no2)C1. The minimum atomic E-state index is -4.46. The predicted octanol–water partition coefficient (Wildman–Crippen LogP) is 4.20. The van der Waals surface area contributed by atoms with Crippen LogP contribution in [0.4, 0.5) is 22.4 Å². The molecule has 156 valence electrons. The van der Waals surface area contributed by atoms with E-state index < -0.39 is 11.7 Å². The molecule has 0 saturated carbocycles. The highest BCUT2D eigenvalue weighted by Gasteiger charge is 2.36. The third-order valence-corrected chi connectivity index (χ3v) is 4.76. The molecule has 0 aliphatic carbocycles. The topological polar surface area (TPSA) is 71.3 Å². The number of halogens is 4. The van der Waals surface area contributed by atoms with Gasteiger partial charge in [0.1, 0.15) is 5.82 Å². The second-order valence-corrected chi connectivity index (χ2v) is 6.92. The predicted molar refractivity (Wildman–Crippen MR) is 97.7 cm³/mol. The zero-order chi connectivity index (χ0) is 21.3. The van der Waals surface area contributed by atoms with E-state index in [9.17, 15) is 22.4 Å². The fourth-order valence-corrected chi connectivity index (χ4v) is 3.05. The number of hydrogen-bond donors (Lipinski definition) is 1. The first-order valence-electron chi connectivity index (χ1n) is 9.08. The van der Waals surface area contributed by atoms with Gasteiger partial charge in [-0.2, -0.15) is 18.2 Å². The first-order valence-corrected chi connectivity index (χ1v) is 9.08. The lowest BCUT2D eigenvalue weighted by molar-refractivity contribution is -0.137. The van der Waals surface area contributed by atoms with E-state index in [1.54, 1.807) is 17.0 Å². The lowest BCUT2D eigenvalue weighted by atomic mass is 10.0. The Morgan fingerprint density at radius 3 is 2.60 bits per heavy atom. The Morgan fingerprint density at radius 1 is 1.17 bits per heavy atom. The number of benzene rings is 2. The molecule has 0 radical (unpaired) electrons. The maximum atomic E-state index is 12.9. The van der Waals surface area contributed by atoms with Crippen LogP contribution < -0.4 is 5.32 Å². The molecule has 2 heterocycles. The minimum absolute atomic E-state index is 0.0651. The monoisotopic (exact) mass is 420 g/mol. The summed E-state index contributed by atoms with van der Waals surface area (Å²) in [6, 6.07) is 10.2. The fraction of sp³-hybridized carbons (Fsp3) is 0.250. The molecule has 0 bridgehead atoms. The lowest BCUT2D eigenvalue weighted by Gasteiger charge is -2.36. The number of carbonyl (C=O) groups is 1. The molecule has 4 rings (SSSR count). The van der Waals surface area contributed by atoms with E-state index in [-0.39, 0.29) is 41.6 Å². The number of rotatable bonds is 4. The summed E-state index contributed by atoms with van der Waals surface area (Å²) in [7, 11) is 0. The van der Waals surface area contributed by atoms with Gasteiger partial charge in [0, 0.05) is 25.2 Å². The third kappa shape index (κ3) is 4.27. The molecule has 10 heteroatoms. The Hall–Kier alpha value is -3.43. The summed E-state index contributed by atoms with van der Waals surface area (Å²) >= 11 is 0. The minimum Gasteiger partial charge on any atom is -0.339 e. The van der Waals surface area contributed by atoms with Gasteiger partial charge in [-0.15, -0.1) is 0 Å². The molecule has 1 N–H and O–H groups in total. The summed E-state index contributed by atoms with van der Waals surface area (Å²) in [6.07, 6.45) is -4.46. The summed E-state index contributed by atoms with van der Waals surface area (Å²) in [5.41, 5.74) is 0.177. The van der Waals surface area contributed by atoms with Crippen molar-refractivity contribution in [2.45, 2.75) is 18.6 Å². The molecule has 3 aromatic rings. The molecule has 2 aromatic carbocycles. The molecule has 0 atom stereocenters. The maximum Gasteiger partial charge on any atom is 0.416 e. The standard InChI is InChI=1S/C20H16F4N4O2/c21-16-6-4-12(5-7-16)9-25-19(29)28-10-14(11-28)18-26-17(27-30-18)13-2-1-3-15(8-13)20(22,23)24/h1-8,14H,9-11H2,(H,25,29). The Bertz CT molecular complexity index is 1040. The van der Waals surface area contributed by atoms with Crippen molar-refractivity contribution in [3.8, 4) is 11.4 Å². The fourth-order valence-electron chi connectivity index (χ4n) is 3.05. The largest absolute Gasteiger partial charge is 0.416 e. The van der Waals surface area contributed by atoms with Crippen molar-refractivity contribution in [2.24, 2.45) is 0 Å². The number of alkyl halides is 3. The average Bonchev–Trinajstić information content (AvgIpc) is 3.15. The second kappa shape index (κ2) is 7.77. The first-order chi connectivity index (χ1) is 14.3. The number of urea groups is 1. The van der Waals surface area contributed by atoms with Crippen molar-refractivity contribution in [1.82, 2.24) is 20.4 Å². The maximum absolute atomic E-state index is 12.9. The van der Waals surface area contributed by atoms with Gasteiger partial charge in [-0.05, 0) is 29.8 Å². The van der Waals surface area contributed by atoms with Crippen LogP contribution in [0.25, 0.3) is 11.4 Å². The van der Waals surface area contributed by atoms with Crippen molar-refractivity contribution < 1.29 is 26.9 Å². The van der Waals surface area contributed by atoms with Crippen molar-refractivity contribution >= 4 is 6.03 Å². The first kappa shape index (κ1) is 19.9. The number of hydrogen-bond acceptors (Lipinski definition) is 4. The van der Waals surface area contributed by atoms with Gasteiger partial charge in [-0.25, -0.2) is 9.18 Å². The second-order valence-electron chi connectivity index (χ2n) is 6.92. The van der Waals surface area contributed by atoms with Crippen molar-refractivity contribution in [2.75, 3.05) is 13.1 Å². The summed E-state index contributed by atoms with van der Waals surface area (Å²) in [4.78, 5) is 17.9. The summed E-state index contributed by atoms with van der Waals surface area (Å²) in [6.45, 7) is 0.958. The molecule has 1 aliphatic rings. The van der Waals surface area contributed by atoms with Gasteiger partial charge in [0.2, 0.25) is 11.7 Å². The summed E-state index contributed by atoms with van der Waals surface area (Å²) < 4.78 is 56.7. The van der Waals surface area contributed by atoms with Gasteiger partial charge in [-0.3, -0.25) is 0 Å². The number of nitrogens with one attached hydrogen (secondary N) is 1. The van der Waals surface area contributed by atoms with Crippen LogP contribution in [-0.2, 0) is 12.7 Å². The number of likely N-dealkylation sites (tertiary alicyclic amines) is 1. The van der Waals surface area contributed by atoms with Gasteiger partial charge in [-0.1, -0.05) is 29.4 Å². The van der Waals surface area contributed by atoms with Gasteiger partial charge >= 0.3 is 12.2 Å². The quantitative estimate of drug-likeness (QED) is 0.642. The average molecular weight is 420 g/mol. The third-order valence-electron chi connectivity index (χ3n) is 4.76. The van der Waals surface area contributed by atoms with E-state index in [1.807, 2.05) is 0 Å². The van der Waals surface area contributed by atoms with Crippen LogP contribution in [0, 0.1) is 5.82 Å². The van der Waals surface area contributed by atoms with Crippen molar-refractivity contribution in [3.63, 3.8) is 0 Å². The van der Waals surface area contributed by atoms with Crippen LogP contribution in [0.1, 0.15) is 22.9 Å². The molecule has 0 spiro atoms. The Kier molecular flexibility index (Phi) is 5.15. The zero-order valence-electron chi connectivity index (χ0n) is 15.5. The molecule has 2 amide bonds. The molecule has 6 nitrogen and oxygen atoms in total. The number of aromatic nitrogens is 2. The highest BCUT2D eigenvalue weighted by Crippen LogP contribution is 2.32. The Labute approximate surface area is 168 Å². The van der Waals surface area contributed by atoms with Gasteiger partial charge < -0.3 is 14.7 Å². The Morgan fingerprint density at radius 2 is 1.90 bits per heavy atom. The summed E-state index contributed by atoms with van der Waals surface area (Å²) in [5.74, 6) is -0.200. The van der Waals surface area contributed by atoms with Crippen molar-refractivity contribution in [1.29, 1.82) is 0 Å². The smallest absolute Gasteiger partial charge is 0.339 e. The molecule has 30 heavy (non-hydrogen) atoms. The number of amides is 2. The highest BCUT2D eigenvalue weighted by atomic mass is 19.4. The highest BCUT2D eigenvalue weighted by molar-refractivity contribution is 5.75. The van der Waals surface area contributed by atoms with Gasteiger partial charge in [0.15, 0.2) is 0 Å². The molecular formula is C20H16F4N4O2. The van der Waals surface area contributed by atoms with E-state index in [0.29, 0.717) is 13.1 Å². The van der Waals surface area contributed by atoms with Gasteiger partial charge in [0.25, 0.3) is 0 Å². The molecule has 1 fully saturated rings. The van der Waals surface area contributed by atoms with Crippen LogP contribution >= 0.6 is 0 Å². The van der Waals surface area contributed by atoms with E-state index in [2.05, 4.69) is 15.5 Å². The van der Waals surface area contributed by atoms with Crippen LogP contribution in [0.2, 0.25) is 0 Å². The zero-order valence-corrected chi connectivity index (χ0v) is 15.5. The van der Waals surface area contributed by atoms with E-state index in [0.717, 1.165) is 17.7 Å². The summed E-state index contributed by atoms with van der Waals surface area (Å²) in [5, 5.41) is 6.50. The van der Waals surface area contributed by atoms with Crippen LogP contribution in [0.3, 0.4) is 0 Å². The normalized spacial score (nSPS) is 14.5. The van der Waals surface area contributed by atoms with Crippen LogP contribution in [-0.4, -0.2) is 34.2 Å². The van der Waals surface area contributed by atoms with Gasteiger partial charge in [0.05, 0.1) is 11.5 Å². The van der Waals surface area contributed by atoms with E-state index in [4.69, 9.17) is 4.52 Å². The van der Waals surface area contributed by atoms with E-state index in [1.165, 1.54) is 24.3 Å². The van der Waals surface area contributed by atoms with Crippen molar-refractivity contribution in [3.05, 3.63) is 71.4 Å².